The number of H-pyrrole nitrogens is 1. The fourth-order valence-corrected chi connectivity index (χ4v) is 3.32. The molecule has 0 saturated carbocycles. The lowest BCUT2D eigenvalue weighted by molar-refractivity contribution is -0.129. The SMILES string of the molecule is O=C(CCCCCCCNC(=O)c1cccc(Nc2nc3ccccc3c(=O)[nH]2)c1)NO. The molecule has 2 amide bonds. The van der Waals surface area contributed by atoms with E-state index in [9.17, 15) is 14.4 Å². The van der Waals surface area contributed by atoms with E-state index in [1.54, 1.807) is 47.9 Å². The first kappa shape index (κ1) is 23.0. The Kier molecular flexibility index (Phi) is 8.33. The van der Waals surface area contributed by atoms with Crippen LogP contribution in [0.25, 0.3) is 10.9 Å². The minimum absolute atomic E-state index is 0.173. The van der Waals surface area contributed by atoms with Crippen LogP contribution in [-0.2, 0) is 4.79 Å². The van der Waals surface area contributed by atoms with Crippen LogP contribution < -0.4 is 21.7 Å². The van der Waals surface area contributed by atoms with Gasteiger partial charge >= 0.3 is 0 Å². The second-order valence-electron chi connectivity index (χ2n) is 7.45. The molecule has 5 N–H and O–H groups in total. The number of nitrogens with zero attached hydrogens (tertiary/aromatic N) is 1. The summed E-state index contributed by atoms with van der Waals surface area (Å²) in [6.45, 7) is 0.563. The normalized spacial score (nSPS) is 10.7. The molecule has 0 aliphatic rings. The molecule has 32 heavy (non-hydrogen) atoms. The highest BCUT2D eigenvalue weighted by molar-refractivity contribution is 5.95. The molecule has 0 spiro atoms. The number of hydroxylamine groups is 1. The number of rotatable bonds is 11. The van der Waals surface area contributed by atoms with Crippen molar-refractivity contribution in [3.05, 3.63) is 64.4 Å². The van der Waals surface area contributed by atoms with E-state index >= 15 is 0 Å². The van der Waals surface area contributed by atoms with Crippen molar-refractivity contribution in [2.45, 2.75) is 38.5 Å². The van der Waals surface area contributed by atoms with Crippen LogP contribution in [0.5, 0.6) is 0 Å². The number of para-hydroxylation sites is 1. The number of hydrogen-bond donors (Lipinski definition) is 5. The summed E-state index contributed by atoms with van der Waals surface area (Å²) in [5.41, 5.74) is 3.12. The van der Waals surface area contributed by atoms with Gasteiger partial charge in [-0.25, -0.2) is 10.5 Å². The van der Waals surface area contributed by atoms with E-state index in [1.807, 2.05) is 6.07 Å². The second kappa shape index (κ2) is 11.6. The zero-order valence-electron chi connectivity index (χ0n) is 17.7. The molecule has 0 saturated heterocycles. The summed E-state index contributed by atoms with van der Waals surface area (Å²) in [6, 6.07) is 14.1. The summed E-state index contributed by atoms with van der Waals surface area (Å²) >= 11 is 0. The third-order valence-electron chi connectivity index (χ3n) is 4.99. The molecular formula is C23H27N5O4. The molecule has 0 fully saturated rings. The Morgan fingerprint density at radius 3 is 2.59 bits per heavy atom. The standard InChI is InChI=1S/C23H27N5O4/c29-20(28-32)13-4-2-1-3-7-14-24-21(30)16-9-8-10-17(15-16)25-23-26-19-12-6-5-11-18(19)22(31)27-23/h5-6,8-12,15,32H,1-4,7,13-14H2,(H,24,30)(H,28,29)(H2,25,26,27,31). The third kappa shape index (κ3) is 6.64. The Hall–Kier alpha value is -3.72. The van der Waals surface area contributed by atoms with Gasteiger partial charge in [0.05, 0.1) is 10.9 Å². The van der Waals surface area contributed by atoms with Gasteiger partial charge in [-0.3, -0.25) is 24.6 Å². The van der Waals surface area contributed by atoms with Crippen molar-refractivity contribution in [3.63, 3.8) is 0 Å². The largest absolute Gasteiger partial charge is 0.352 e. The highest BCUT2D eigenvalue weighted by atomic mass is 16.5. The number of hydrogen-bond acceptors (Lipinski definition) is 6. The summed E-state index contributed by atoms with van der Waals surface area (Å²) < 4.78 is 0. The molecule has 0 unspecified atom stereocenters. The van der Waals surface area contributed by atoms with E-state index < -0.39 is 0 Å². The number of aromatic nitrogens is 2. The number of amides is 2. The van der Waals surface area contributed by atoms with Gasteiger partial charge < -0.3 is 10.6 Å². The number of anilines is 2. The van der Waals surface area contributed by atoms with Crippen molar-refractivity contribution in [3.8, 4) is 0 Å². The summed E-state index contributed by atoms with van der Waals surface area (Å²) in [7, 11) is 0. The van der Waals surface area contributed by atoms with Gasteiger partial charge in [0, 0.05) is 24.2 Å². The Morgan fingerprint density at radius 2 is 1.75 bits per heavy atom. The van der Waals surface area contributed by atoms with E-state index in [2.05, 4.69) is 20.6 Å². The molecule has 2 aromatic carbocycles. The van der Waals surface area contributed by atoms with Gasteiger partial charge in [0.1, 0.15) is 0 Å². The third-order valence-corrected chi connectivity index (χ3v) is 4.99. The van der Waals surface area contributed by atoms with E-state index in [4.69, 9.17) is 5.21 Å². The molecule has 9 heteroatoms. The Balaban J connectivity index is 1.47. The first-order valence-corrected chi connectivity index (χ1v) is 10.6. The van der Waals surface area contributed by atoms with Gasteiger partial charge in [0.2, 0.25) is 11.9 Å². The predicted molar refractivity (Wildman–Crippen MR) is 122 cm³/mol. The van der Waals surface area contributed by atoms with Crippen LogP contribution in [0, 0.1) is 0 Å². The molecule has 0 bridgehead atoms. The molecule has 0 radical (unpaired) electrons. The van der Waals surface area contributed by atoms with Gasteiger partial charge in [-0.05, 0) is 43.2 Å². The van der Waals surface area contributed by atoms with Crippen molar-refractivity contribution >= 4 is 34.4 Å². The summed E-state index contributed by atoms with van der Waals surface area (Å²) in [6.07, 6.45) is 4.71. The van der Waals surface area contributed by atoms with Crippen LogP contribution in [0.3, 0.4) is 0 Å². The number of benzene rings is 2. The molecule has 0 atom stereocenters. The number of carbonyl (C=O) groups excluding carboxylic acids is 2. The van der Waals surface area contributed by atoms with Crippen molar-refractivity contribution < 1.29 is 14.8 Å². The molecular weight excluding hydrogens is 410 g/mol. The molecule has 1 heterocycles. The zero-order chi connectivity index (χ0) is 22.8. The smallest absolute Gasteiger partial charge is 0.260 e. The molecule has 1 aromatic heterocycles. The van der Waals surface area contributed by atoms with E-state index in [0.717, 1.165) is 32.1 Å². The first-order valence-electron chi connectivity index (χ1n) is 10.6. The number of fused-ring (bicyclic) bond motifs is 1. The van der Waals surface area contributed by atoms with Crippen molar-refractivity contribution in [1.29, 1.82) is 0 Å². The molecule has 3 rings (SSSR count). The first-order chi connectivity index (χ1) is 15.6. The Morgan fingerprint density at radius 1 is 0.969 bits per heavy atom. The van der Waals surface area contributed by atoms with Crippen LogP contribution in [-0.4, -0.2) is 33.5 Å². The highest BCUT2D eigenvalue weighted by Crippen LogP contribution is 2.16. The lowest BCUT2D eigenvalue weighted by Gasteiger charge is -2.09. The lowest BCUT2D eigenvalue weighted by atomic mass is 10.1. The zero-order valence-corrected chi connectivity index (χ0v) is 17.7. The maximum absolute atomic E-state index is 12.4. The van der Waals surface area contributed by atoms with E-state index in [-0.39, 0.29) is 17.4 Å². The van der Waals surface area contributed by atoms with Gasteiger partial charge in [-0.2, -0.15) is 0 Å². The minimum Gasteiger partial charge on any atom is -0.352 e. The monoisotopic (exact) mass is 437 g/mol. The molecule has 168 valence electrons. The van der Waals surface area contributed by atoms with Gasteiger partial charge in [-0.15, -0.1) is 0 Å². The van der Waals surface area contributed by atoms with E-state index in [1.165, 1.54) is 0 Å². The van der Waals surface area contributed by atoms with E-state index in [0.29, 0.717) is 41.1 Å². The van der Waals surface area contributed by atoms with Crippen LogP contribution in [0.1, 0.15) is 48.9 Å². The number of carbonyl (C=O) groups is 2. The van der Waals surface area contributed by atoms with Crippen LogP contribution in [0.2, 0.25) is 0 Å². The quantitative estimate of drug-likeness (QED) is 0.177. The fraction of sp³-hybridized carbons (Fsp3) is 0.304. The van der Waals surface area contributed by atoms with Crippen LogP contribution >= 0.6 is 0 Å². The molecule has 3 aromatic rings. The number of nitrogens with one attached hydrogen (secondary N) is 4. The maximum Gasteiger partial charge on any atom is 0.260 e. The number of aromatic amines is 1. The topological polar surface area (TPSA) is 136 Å². The number of unbranched alkanes of at least 4 members (excludes halogenated alkanes) is 4. The molecule has 0 aliphatic carbocycles. The van der Waals surface area contributed by atoms with Gasteiger partial charge in [0.15, 0.2) is 0 Å². The van der Waals surface area contributed by atoms with Crippen molar-refractivity contribution in [2.75, 3.05) is 11.9 Å². The molecule has 9 nitrogen and oxygen atoms in total. The Bertz CT molecular complexity index is 1130. The second-order valence-corrected chi connectivity index (χ2v) is 7.45. The summed E-state index contributed by atoms with van der Waals surface area (Å²) in [5.74, 6) is -0.229. The van der Waals surface area contributed by atoms with Crippen molar-refractivity contribution in [1.82, 2.24) is 20.8 Å². The van der Waals surface area contributed by atoms with Crippen LogP contribution in [0.4, 0.5) is 11.6 Å². The highest BCUT2D eigenvalue weighted by Gasteiger charge is 2.08. The van der Waals surface area contributed by atoms with Gasteiger partial charge in [-0.1, -0.05) is 37.5 Å². The minimum atomic E-state index is -0.364. The predicted octanol–water partition coefficient (Wildman–Crippen LogP) is 3.24. The Labute approximate surface area is 185 Å². The molecule has 0 aliphatic heterocycles. The average molecular weight is 438 g/mol. The van der Waals surface area contributed by atoms with Gasteiger partial charge in [0.25, 0.3) is 11.5 Å². The summed E-state index contributed by atoms with van der Waals surface area (Å²) in [5, 5.41) is 14.9. The fourth-order valence-electron chi connectivity index (χ4n) is 3.32. The lowest BCUT2D eigenvalue weighted by Crippen LogP contribution is -2.24. The summed E-state index contributed by atoms with van der Waals surface area (Å²) in [4.78, 5) is 42.7. The maximum atomic E-state index is 12.4. The van der Waals surface area contributed by atoms with Crippen molar-refractivity contribution in [2.24, 2.45) is 0 Å². The average Bonchev–Trinajstić information content (AvgIpc) is 2.80. The van der Waals surface area contributed by atoms with Crippen LogP contribution in [0.15, 0.2) is 53.3 Å².